The summed E-state index contributed by atoms with van der Waals surface area (Å²) in [4.78, 5) is 41.2. The number of anilines is 1. The lowest BCUT2D eigenvalue weighted by Crippen LogP contribution is -2.34. The molecule has 10 heteroatoms. The molecule has 0 saturated carbocycles. The average molecular weight is 586 g/mol. The molecule has 4 aromatic rings. The van der Waals surface area contributed by atoms with Crippen LogP contribution in [0.4, 0.5) is 10.5 Å². The van der Waals surface area contributed by atoms with Crippen molar-refractivity contribution in [3.05, 3.63) is 99.9 Å². The highest BCUT2D eigenvalue weighted by atomic mass is 32.1. The van der Waals surface area contributed by atoms with Crippen LogP contribution in [0.2, 0.25) is 0 Å². The lowest BCUT2D eigenvalue weighted by Gasteiger charge is -2.19. The standard InChI is InChI=1S/C32H31N3O6S/c1-32(2,3)41-31(39)33-14-15-40-26-18-23(17-24(19-26)30(37)38)29(36)34-25-11-7-8-21(16-25)12-13-28-35-27(20-42-28)22-9-5-4-6-10-22/h4-13,16-20H,14-15H2,1-3H3,(H,33,39)(H,34,36)(H,37,38). The number of aromatic carboxylic acids is 1. The smallest absolute Gasteiger partial charge is 0.407 e. The molecule has 1 heterocycles. The van der Waals surface area contributed by atoms with E-state index in [1.165, 1.54) is 29.5 Å². The van der Waals surface area contributed by atoms with E-state index in [1.54, 1.807) is 32.9 Å². The summed E-state index contributed by atoms with van der Waals surface area (Å²) >= 11 is 1.54. The van der Waals surface area contributed by atoms with Crippen LogP contribution in [0.25, 0.3) is 23.4 Å². The zero-order valence-corrected chi connectivity index (χ0v) is 24.2. The molecule has 0 aliphatic carbocycles. The molecule has 9 nitrogen and oxygen atoms in total. The topological polar surface area (TPSA) is 127 Å². The Kier molecular flexibility index (Phi) is 9.72. The molecule has 0 atom stereocenters. The molecule has 216 valence electrons. The van der Waals surface area contributed by atoms with E-state index in [2.05, 4.69) is 15.6 Å². The van der Waals surface area contributed by atoms with Crippen LogP contribution in [0, 0.1) is 0 Å². The molecule has 4 rings (SSSR count). The van der Waals surface area contributed by atoms with E-state index in [9.17, 15) is 19.5 Å². The maximum Gasteiger partial charge on any atom is 0.407 e. The number of carbonyl (C=O) groups excluding carboxylic acids is 2. The predicted molar refractivity (Wildman–Crippen MR) is 164 cm³/mol. The van der Waals surface area contributed by atoms with E-state index < -0.39 is 23.6 Å². The second kappa shape index (κ2) is 13.6. The second-order valence-corrected chi connectivity index (χ2v) is 11.1. The van der Waals surface area contributed by atoms with Crippen LogP contribution in [0.5, 0.6) is 5.75 Å². The van der Waals surface area contributed by atoms with Crippen LogP contribution in [-0.2, 0) is 4.74 Å². The minimum atomic E-state index is -1.20. The summed E-state index contributed by atoms with van der Waals surface area (Å²) in [7, 11) is 0. The highest BCUT2D eigenvalue weighted by Crippen LogP contribution is 2.24. The van der Waals surface area contributed by atoms with Crippen molar-refractivity contribution in [3.63, 3.8) is 0 Å². The number of rotatable bonds is 10. The Hall–Kier alpha value is -4.96. The molecule has 42 heavy (non-hydrogen) atoms. The van der Waals surface area contributed by atoms with Gasteiger partial charge >= 0.3 is 12.1 Å². The summed E-state index contributed by atoms with van der Waals surface area (Å²) in [6, 6.07) is 21.3. The molecule has 0 unspecified atom stereocenters. The first-order chi connectivity index (χ1) is 20.1. The number of nitrogens with one attached hydrogen (secondary N) is 2. The molecule has 1 aromatic heterocycles. The fourth-order valence-electron chi connectivity index (χ4n) is 3.77. The van der Waals surface area contributed by atoms with Gasteiger partial charge in [0.15, 0.2) is 0 Å². The van der Waals surface area contributed by atoms with Gasteiger partial charge in [-0.2, -0.15) is 0 Å². The molecular formula is C32H31N3O6S. The second-order valence-electron chi connectivity index (χ2n) is 10.2. The van der Waals surface area contributed by atoms with Gasteiger partial charge in [-0.25, -0.2) is 14.6 Å². The molecule has 2 amide bonds. The molecule has 0 fully saturated rings. The minimum Gasteiger partial charge on any atom is -0.492 e. The highest BCUT2D eigenvalue weighted by molar-refractivity contribution is 7.10. The van der Waals surface area contributed by atoms with Gasteiger partial charge in [0.2, 0.25) is 0 Å². The van der Waals surface area contributed by atoms with Crippen LogP contribution >= 0.6 is 11.3 Å². The van der Waals surface area contributed by atoms with Crippen LogP contribution in [0.1, 0.15) is 52.1 Å². The molecular weight excluding hydrogens is 554 g/mol. The number of carboxylic acids is 1. The van der Waals surface area contributed by atoms with Gasteiger partial charge in [0.25, 0.3) is 5.91 Å². The zero-order chi connectivity index (χ0) is 30.1. The molecule has 0 aliphatic heterocycles. The number of thiazole rings is 1. The van der Waals surface area contributed by atoms with Gasteiger partial charge < -0.3 is 25.2 Å². The quantitative estimate of drug-likeness (QED) is 0.174. The third kappa shape index (κ3) is 9.03. The lowest BCUT2D eigenvalue weighted by molar-refractivity contribution is 0.0519. The maximum atomic E-state index is 13.1. The van der Waals surface area contributed by atoms with Crippen LogP contribution in [-0.4, -0.2) is 46.8 Å². The first-order valence-corrected chi connectivity index (χ1v) is 14.0. The van der Waals surface area contributed by atoms with Crippen LogP contribution in [0.15, 0.2) is 78.2 Å². The maximum absolute atomic E-state index is 13.1. The average Bonchev–Trinajstić information content (AvgIpc) is 3.43. The van der Waals surface area contributed by atoms with Gasteiger partial charge in [-0.05, 0) is 62.7 Å². The molecule has 0 saturated heterocycles. The Morgan fingerprint density at radius 1 is 0.952 bits per heavy atom. The number of benzene rings is 3. The van der Waals surface area contributed by atoms with Crippen molar-refractivity contribution >= 4 is 47.1 Å². The van der Waals surface area contributed by atoms with Crippen molar-refractivity contribution in [3.8, 4) is 17.0 Å². The van der Waals surface area contributed by atoms with Gasteiger partial charge in [0.1, 0.15) is 23.0 Å². The first-order valence-electron chi connectivity index (χ1n) is 13.1. The Bertz CT molecular complexity index is 1590. The third-order valence-corrected chi connectivity index (χ3v) is 6.42. The van der Waals surface area contributed by atoms with Gasteiger partial charge in [-0.3, -0.25) is 4.79 Å². The monoisotopic (exact) mass is 585 g/mol. The van der Waals surface area contributed by atoms with E-state index >= 15 is 0 Å². The Morgan fingerprint density at radius 2 is 1.71 bits per heavy atom. The number of nitrogens with zero attached hydrogens (tertiary/aromatic N) is 1. The van der Waals surface area contributed by atoms with Crippen molar-refractivity contribution in [1.82, 2.24) is 10.3 Å². The number of carboxylic acid groups (broad SMARTS) is 1. The van der Waals surface area contributed by atoms with Crippen molar-refractivity contribution < 1.29 is 29.0 Å². The summed E-state index contributed by atoms with van der Waals surface area (Å²) in [5.41, 5.74) is 2.73. The predicted octanol–water partition coefficient (Wildman–Crippen LogP) is 6.83. The minimum absolute atomic E-state index is 0.0453. The number of amides is 2. The van der Waals surface area contributed by atoms with E-state index in [4.69, 9.17) is 9.47 Å². The molecule has 0 radical (unpaired) electrons. The number of alkyl carbamates (subject to hydrolysis) is 1. The largest absolute Gasteiger partial charge is 0.492 e. The first kappa shape index (κ1) is 30.0. The summed E-state index contributed by atoms with van der Waals surface area (Å²) in [6.45, 7) is 5.44. The fourth-order valence-corrected chi connectivity index (χ4v) is 4.49. The highest BCUT2D eigenvalue weighted by Gasteiger charge is 2.16. The molecule has 3 aromatic carbocycles. The number of ether oxygens (including phenoxy) is 2. The van der Waals surface area contributed by atoms with Crippen molar-refractivity contribution in [2.75, 3.05) is 18.5 Å². The summed E-state index contributed by atoms with van der Waals surface area (Å²) in [5.74, 6) is -1.52. The van der Waals surface area contributed by atoms with Crippen molar-refractivity contribution in [2.45, 2.75) is 26.4 Å². The van der Waals surface area contributed by atoms with E-state index in [-0.39, 0.29) is 30.0 Å². The third-order valence-electron chi connectivity index (χ3n) is 5.61. The zero-order valence-electron chi connectivity index (χ0n) is 23.4. The van der Waals surface area contributed by atoms with Gasteiger partial charge in [0.05, 0.1) is 17.8 Å². The lowest BCUT2D eigenvalue weighted by atomic mass is 10.1. The Balaban J connectivity index is 1.39. The normalized spacial score (nSPS) is 11.2. The molecule has 0 bridgehead atoms. The molecule has 0 spiro atoms. The Morgan fingerprint density at radius 3 is 2.45 bits per heavy atom. The van der Waals surface area contributed by atoms with E-state index in [1.807, 2.05) is 60.0 Å². The number of carbonyl (C=O) groups is 3. The van der Waals surface area contributed by atoms with Gasteiger partial charge in [-0.15, -0.1) is 11.3 Å². The van der Waals surface area contributed by atoms with Gasteiger partial charge in [-0.1, -0.05) is 48.5 Å². The number of hydrogen-bond acceptors (Lipinski definition) is 7. The summed E-state index contributed by atoms with van der Waals surface area (Å²) in [6.07, 6.45) is 3.23. The van der Waals surface area contributed by atoms with Crippen LogP contribution in [0.3, 0.4) is 0 Å². The summed E-state index contributed by atoms with van der Waals surface area (Å²) in [5, 5.41) is 17.8. The summed E-state index contributed by atoms with van der Waals surface area (Å²) < 4.78 is 10.8. The number of aromatic nitrogens is 1. The van der Waals surface area contributed by atoms with E-state index in [0.29, 0.717) is 5.69 Å². The van der Waals surface area contributed by atoms with Crippen molar-refractivity contribution in [1.29, 1.82) is 0 Å². The van der Waals surface area contributed by atoms with E-state index in [0.717, 1.165) is 21.8 Å². The SMILES string of the molecule is CC(C)(C)OC(=O)NCCOc1cc(C(=O)O)cc(C(=O)Nc2cccc(C=Cc3nc(-c4ccccc4)cs3)c2)c1. The van der Waals surface area contributed by atoms with Gasteiger partial charge in [0, 0.05) is 22.2 Å². The number of hydrogen-bond donors (Lipinski definition) is 3. The van der Waals surface area contributed by atoms with Crippen molar-refractivity contribution in [2.24, 2.45) is 0 Å². The molecule has 3 N–H and O–H groups in total. The van der Waals surface area contributed by atoms with Crippen LogP contribution < -0.4 is 15.4 Å². The molecule has 0 aliphatic rings. The Labute approximate surface area is 247 Å². The fraction of sp³-hybridized carbons (Fsp3) is 0.188.